The van der Waals surface area contributed by atoms with Gasteiger partial charge in [-0.2, -0.15) is 0 Å². The summed E-state index contributed by atoms with van der Waals surface area (Å²) in [5.74, 6) is 0. The van der Waals surface area contributed by atoms with Gasteiger partial charge in [0.2, 0.25) is 0 Å². The van der Waals surface area contributed by atoms with E-state index in [0.29, 0.717) is 17.8 Å². The van der Waals surface area contributed by atoms with E-state index in [0.717, 1.165) is 5.56 Å². The molecule has 4 nitrogen and oxygen atoms in total. The van der Waals surface area contributed by atoms with Gasteiger partial charge in [-0.05, 0) is 43.7 Å². The Kier molecular flexibility index (Phi) is 4.65. The van der Waals surface area contributed by atoms with Gasteiger partial charge in [-0.15, -0.1) is 0 Å². The van der Waals surface area contributed by atoms with Crippen LogP contribution in [0.15, 0.2) is 53.4 Å². The van der Waals surface area contributed by atoms with E-state index in [-0.39, 0.29) is 11.5 Å². The Labute approximate surface area is 125 Å². The van der Waals surface area contributed by atoms with Gasteiger partial charge in [0, 0.05) is 6.54 Å². The molecule has 0 unspecified atom stereocenters. The number of benzene rings is 2. The lowest BCUT2D eigenvalue weighted by molar-refractivity contribution is 0.281. The summed E-state index contributed by atoms with van der Waals surface area (Å²) in [5, 5.41) is 9.16. The van der Waals surface area contributed by atoms with E-state index in [2.05, 4.69) is 0 Å². The van der Waals surface area contributed by atoms with E-state index in [9.17, 15) is 8.42 Å². The van der Waals surface area contributed by atoms with Gasteiger partial charge in [0.1, 0.15) is 0 Å². The summed E-state index contributed by atoms with van der Waals surface area (Å²) in [4.78, 5) is 0.191. The zero-order valence-corrected chi connectivity index (χ0v) is 13.0. The third-order valence-electron chi connectivity index (χ3n) is 3.28. The quantitative estimate of drug-likeness (QED) is 0.924. The van der Waals surface area contributed by atoms with Crippen LogP contribution in [-0.2, 0) is 16.6 Å². The fraction of sp³-hybridized carbons (Fsp3) is 0.250. The Balaban J connectivity index is 2.46. The van der Waals surface area contributed by atoms with Crippen LogP contribution in [0.1, 0.15) is 18.1 Å². The molecule has 0 fully saturated rings. The van der Waals surface area contributed by atoms with Crippen molar-refractivity contribution in [3.63, 3.8) is 0 Å². The maximum atomic E-state index is 12.8. The smallest absolute Gasteiger partial charge is 0.264 e. The number of anilines is 1. The van der Waals surface area contributed by atoms with E-state index >= 15 is 0 Å². The molecule has 5 heteroatoms. The van der Waals surface area contributed by atoms with Crippen molar-refractivity contribution in [2.24, 2.45) is 0 Å². The molecule has 0 atom stereocenters. The summed E-state index contributed by atoms with van der Waals surface area (Å²) in [7, 11) is -3.63. The highest BCUT2D eigenvalue weighted by Gasteiger charge is 2.23. The Hall–Kier alpha value is -1.85. The number of hydrogen-bond donors (Lipinski definition) is 1. The zero-order valence-electron chi connectivity index (χ0n) is 12.2. The molecule has 0 aromatic heterocycles. The Morgan fingerprint density at radius 1 is 1.10 bits per heavy atom. The largest absolute Gasteiger partial charge is 0.392 e. The molecule has 0 amide bonds. The van der Waals surface area contributed by atoms with Crippen molar-refractivity contribution in [3.8, 4) is 0 Å². The van der Waals surface area contributed by atoms with Gasteiger partial charge in [0.15, 0.2) is 0 Å². The molecule has 21 heavy (non-hydrogen) atoms. The standard InChI is InChI=1S/C16H19NO3S/c1-3-17(15-9-7-13(2)8-10-15)21(19,20)16-6-4-5-14(11-16)12-18/h4-11,18H,3,12H2,1-2H3. The highest BCUT2D eigenvalue weighted by atomic mass is 32.2. The summed E-state index contributed by atoms with van der Waals surface area (Å²) >= 11 is 0. The number of rotatable bonds is 5. The second-order valence-electron chi connectivity index (χ2n) is 4.81. The normalized spacial score (nSPS) is 11.4. The summed E-state index contributed by atoms with van der Waals surface area (Å²) in [6.45, 7) is 3.92. The lowest BCUT2D eigenvalue weighted by Gasteiger charge is -2.23. The van der Waals surface area contributed by atoms with Crippen molar-refractivity contribution in [1.29, 1.82) is 0 Å². The molecule has 0 saturated heterocycles. The molecular weight excluding hydrogens is 286 g/mol. The van der Waals surface area contributed by atoms with Crippen LogP contribution in [0.5, 0.6) is 0 Å². The van der Waals surface area contributed by atoms with Crippen LogP contribution in [0.4, 0.5) is 5.69 Å². The van der Waals surface area contributed by atoms with E-state index in [1.165, 1.54) is 10.4 Å². The van der Waals surface area contributed by atoms with Crippen molar-refractivity contribution in [3.05, 3.63) is 59.7 Å². The Morgan fingerprint density at radius 2 is 1.76 bits per heavy atom. The minimum absolute atomic E-state index is 0.181. The molecular formula is C16H19NO3S. The number of sulfonamides is 1. The fourth-order valence-electron chi connectivity index (χ4n) is 2.13. The molecule has 2 aromatic carbocycles. The van der Waals surface area contributed by atoms with Gasteiger partial charge in [-0.1, -0.05) is 29.8 Å². The van der Waals surface area contributed by atoms with Crippen molar-refractivity contribution in [2.75, 3.05) is 10.8 Å². The maximum absolute atomic E-state index is 12.8. The van der Waals surface area contributed by atoms with E-state index in [1.54, 1.807) is 37.3 Å². The molecule has 2 rings (SSSR count). The van der Waals surface area contributed by atoms with Crippen LogP contribution in [0.25, 0.3) is 0 Å². The van der Waals surface area contributed by atoms with Crippen molar-refractivity contribution < 1.29 is 13.5 Å². The van der Waals surface area contributed by atoms with Gasteiger partial charge in [-0.25, -0.2) is 8.42 Å². The fourth-order valence-corrected chi connectivity index (χ4v) is 3.68. The molecule has 0 bridgehead atoms. The van der Waals surface area contributed by atoms with Crippen LogP contribution in [0.3, 0.4) is 0 Å². The molecule has 1 N–H and O–H groups in total. The van der Waals surface area contributed by atoms with E-state index < -0.39 is 10.0 Å². The Morgan fingerprint density at radius 3 is 2.33 bits per heavy atom. The van der Waals surface area contributed by atoms with Gasteiger partial charge >= 0.3 is 0 Å². The van der Waals surface area contributed by atoms with Crippen molar-refractivity contribution in [2.45, 2.75) is 25.3 Å². The van der Waals surface area contributed by atoms with Crippen LogP contribution in [0.2, 0.25) is 0 Å². The number of aliphatic hydroxyl groups excluding tert-OH is 1. The second-order valence-corrected chi connectivity index (χ2v) is 6.67. The summed E-state index contributed by atoms with van der Waals surface area (Å²) < 4.78 is 26.9. The van der Waals surface area contributed by atoms with Gasteiger partial charge in [0.05, 0.1) is 17.2 Å². The predicted molar refractivity (Wildman–Crippen MR) is 83.7 cm³/mol. The first-order chi connectivity index (χ1) is 9.98. The number of hydrogen-bond acceptors (Lipinski definition) is 3. The van der Waals surface area contributed by atoms with Crippen LogP contribution in [-0.4, -0.2) is 20.1 Å². The number of nitrogens with zero attached hydrogens (tertiary/aromatic N) is 1. The molecule has 0 radical (unpaired) electrons. The second kappa shape index (κ2) is 6.28. The maximum Gasteiger partial charge on any atom is 0.264 e. The summed E-state index contributed by atoms with van der Waals surface area (Å²) in [6, 6.07) is 13.8. The average Bonchev–Trinajstić information content (AvgIpc) is 2.50. The monoisotopic (exact) mass is 305 g/mol. The lowest BCUT2D eigenvalue weighted by Crippen LogP contribution is -2.30. The summed E-state index contributed by atoms with van der Waals surface area (Å²) in [6.07, 6.45) is 0. The predicted octanol–water partition coefficient (Wildman–Crippen LogP) is 2.70. The van der Waals surface area contributed by atoms with Gasteiger partial charge in [0.25, 0.3) is 10.0 Å². The zero-order chi connectivity index (χ0) is 15.5. The first-order valence-electron chi connectivity index (χ1n) is 6.78. The molecule has 0 aliphatic carbocycles. The molecule has 0 saturated carbocycles. The number of aliphatic hydroxyl groups is 1. The van der Waals surface area contributed by atoms with Crippen LogP contribution in [0, 0.1) is 6.92 Å². The third kappa shape index (κ3) is 3.25. The minimum Gasteiger partial charge on any atom is -0.392 e. The number of aryl methyl sites for hydroxylation is 1. The van der Waals surface area contributed by atoms with Gasteiger partial charge in [-0.3, -0.25) is 4.31 Å². The summed E-state index contributed by atoms with van der Waals surface area (Å²) in [5.41, 5.74) is 2.29. The molecule has 2 aromatic rings. The van der Waals surface area contributed by atoms with E-state index in [1.807, 2.05) is 19.1 Å². The van der Waals surface area contributed by atoms with Crippen molar-refractivity contribution in [1.82, 2.24) is 0 Å². The lowest BCUT2D eigenvalue weighted by atomic mass is 10.2. The topological polar surface area (TPSA) is 57.6 Å². The molecule has 112 valence electrons. The molecule has 0 aliphatic rings. The molecule has 0 heterocycles. The first-order valence-corrected chi connectivity index (χ1v) is 8.22. The molecule has 0 spiro atoms. The minimum atomic E-state index is -3.63. The highest BCUT2D eigenvalue weighted by Crippen LogP contribution is 2.24. The van der Waals surface area contributed by atoms with E-state index in [4.69, 9.17) is 5.11 Å². The average molecular weight is 305 g/mol. The van der Waals surface area contributed by atoms with Gasteiger partial charge < -0.3 is 5.11 Å². The molecule has 0 aliphatic heterocycles. The third-order valence-corrected chi connectivity index (χ3v) is 5.18. The van der Waals surface area contributed by atoms with Crippen LogP contribution >= 0.6 is 0 Å². The SMILES string of the molecule is CCN(c1ccc(C)cc1)S(=O)(=O)c1cccc(CO)c1. The van der Waals surface area contributed by atoms with Crippen molar-refractivity contribution >= 4 is 15.7 Å². The van der Waals surface area contributed by atoms with Crippen LogP contribution < -0.4 is 4.31 Å². The first kappa shape index (κ1) is 15.5. The highest BCUT2D eigenvalue weighted by molar-refractivity contribution is 7.92. The Bertz CT molecular complexity index is 709.